The highest BCUT2D eigenvalue weighted by atomic mass is 19.3. The molecule has 2 aromatic rings. The van der Waals surface area contributed by atoms with Gasteiger partial charge in [-0.1, -0.05) is 12.1 Å². The SMILES string of the molecule is COc1ccc(Cn2cnc(C(F)(F)C(F)F)c(F)c2=O)cc1. The molecule has 2 rings (SSSR count). The number of nitrogens with zero attached hydrogens (tertiary/aromatic N) is 2. The average molecular weight is 334 g/mol. The van der Waals surface area contributed by atoms with Crippen LogP contribution < -0.4 is 10.3 Å². The number of rotatable bonds is 5. The predicted octanol–water partition coefficient (Wildman–Crippen LogP) is 2.80. The van der Waals surface area contributed by atoms with Crippen LogP contribution in [0.4, 0.5) is 22.0 Å². The Kier molecular flexibility index (Phi) is 4.67. The summed E-state index contributed by atoms with van der Waals surface area (Å²) in [6.07, 6.45) is -3.55. The van der Waals surface area contributed by atoms with E-state index in [0.717, 1.165) is 0 Å². The van der Waals surface area contributed by atoms with Crippen molar-refractivity contribution < 1.29 is 26.7 Å². The van der Waals surface area contributed by atoms with E-state index in [4.69, 9.17) is 4.74 Å². The number of hydrogen-bond donors (Lipinski definition) is 0. The number of alkyl halides is 4. The van der Waals surface area contributed by atoms with Crippen LogP contribution in [0.1, 0.15) is 11.3 Å². The minimum Gasteiger partial charge on any atom is -0.497 e. The number of methoxy groups -OCH3 is 1. The Labute approximate surface area is 127 Å². The van der Waals surface area contributed by atoms with Gasteiger partial charge in [0.2, 0.25) is 5.82 Å². The predicted molar refractivity (Wildman–Crippen MR) is 70.4 cm³/mol. The Balaban J connectivity index is 2.35. The minimum atomic E-state index is -4.83. The van der Waals surface area contributed by atoms with Gasteiger partial charge >= 0.3 is 12.3 Å². The average Bonchev–Trinajstić information content (AvgIpc) is 2.52. The van der Waals surface area contributed by atoms with Crippen molar-refractivity contribution in [1.29, 1.82) is 0 Å². The molecule has 0 radical (unpaired) electrons. The minimum absolute atomic E-state index is 0.159. The smallest absolute Gasteiger partial charge is 0.352 e. The van der Waals surface area contributed by atoms with Gasteiger partial charge in [0.15, 0.2) is 5.69 Å². The largest absolute Gasteiger partial charge is 0.497 e. The van der Waals surface area contributed by atoms with Gasteiger partial charge in [-0.05, 0) is 17.7 Å². The molecule has 0 atom stereocenters. The molecule has 0 bridgehead atoms. The normalized spacial score (nSPS) is 11.8. The van der Waals surface area contributed by atoms with Crippen LogP contribution in [0, 0.1) is 5.82 Å². The molecule has 0 spiro atoms. The fourth-order valence-electron chi connectivity index (χ4n) is 1.84. The molecule has 1 heterocycles. The molecule has 1 aromatic carbocycles. The van der Waals surface area contributed by atoms with Crippen molar-refractivity contribution in [3.05, 3.63) is 58.0 Å². The monoisotopic (exact) mass is 334 g/mol. The van der Waals surface area contributed by atoms with Crippen LogP contribution in [0.3, 0.4) is 0 Å². The van der Waals surface area contributed by atoms with Crippen molar-refractivity contribution in [1.82, 2.24) is 9.55 Å². The summed E-state index contributed by atoms with van der Waals surface area (Å²) in [4.78, 5) is 14.7. The number of halogens is 5. The third-order valence-electron chi connectivity index (χ3n) is 3.08. The van der Waals surface area contributed by atoms with Crippen molar-refractivity contribution in [3.8, 4) is 5.75 Å². The Hall–Kier alpha value is -2.45. The molecule has 0 aliphatic heterocycles. The lowest BCUT2D eigenvalue weighted by molar-refractivity contribution is -0.140. The molecule has 0 saturated carbocycles. The lowest BCUT2D eigenvalue weighted by atomic mass is 10.2. The second-order valence-corrected chi connectivity index (χ2v) is 4.61. The third-order valence-corrected chi connectivity index (χ3v) is 3.08. The highest BCUT2D eigenvalue weighted by Gasteiger charge is 2.47. The van der Waals surface area contributed by atoms with Gasteiger partial charge in [-0.3, -0.25) is 9.36 Å². The van der Waals surface area contributed by atoms with Crippen molar-refractivity contribution in [2.45, 2.75) is 18.9 Å². The number of ether oxygens (including phenoxy) is 1. The Morgan fingerprint density at radius 3 is 2.39 bits per heavy atom. The second kappa shape index (κ2) is 6.35. The van der Waals surface area contributed by atoms with E-state index in [1.165, 1.54) is 7.11 Å². The van der Waals surface area contributed by atoms with Gasteiger partial charge in [0, 0.05) is 0 Å². The van der Waals surface area contributed by atoms with Gasteiger partial charge in [0.05, 0.1) is 20.0 Å². The van der Waals surface area contributed by atoms with Crippen LogP contribution in [-0.4, -0.2) is 23.1 Å². The van der Waals surface area contributed by atoms with E-state index in [0.29, 0.717) is 22.2 Å². The van der Waals surface area contributed by atoms with Gasteiger partial charge in [-0.25, -0.2) is 13.8 Å². The number of aromatic nitrogens is 2. The van der Waals surface area contributed by atoms with E-state index < -0.39 is 29.4 Å². The van der Waals surface area contributed by atoms with Gasteiger partial charge in [-0.15, -0.1) is 0 Å². The summed E-state index contributed by atoms with van der Waals surface area (Å²) in [5.41, 5.74) is -2.77. The molecule has 0 amide bonds. The first kappa shape index (κ1) is 16.9. The molecular weight excluding hydrogens is 323 g/mol. The van der Waals surface area contributed by atoms with E-state index in [1.54, 1.807) is 24.3 Å². The molecule has 0 unspecified atom stereocenters. The molecule has 0 fully saturated rings. The van der Waals surface area contributed by atoms with Crippen molar-refractivity contribution in [2.24, 2.45) is 0 Å². The maximum absolute atomic E-state index is 13.7. The first-order valence-electron chi connectivity index (χ1n) is 6.31. The summed E-state index contributed by atoms with van der Waals surface area (Å²) < 4.78 is 70.2. The Morgan fingerprint density at radius 1 is 1.26 bits per heavy atom. The zero-order chi connectivity index (χ0) is 17.2. The first-order chi connectivity index (χ1) is 10.8. The zero-order valence-corrected chi connectivity index (χ0v) is 11.8. The molecule has 4 nitrogen and oxygen atoms in total. The van der Waals surface area contributed by atoms with Gasteiger partial charge in [0.25, 0.3) is 5.56 Å². The van der Waals surface area contributed by atoms with Crippen molar-refractivity contribution >= 4 is 0 Å². The third kappa shape index (κ3) is 3.33. The second-order valence-electron chi connectivity index (χ2n) is 4.61. The summed E-state index contributed by atoms with van der Waals surface area (Å²) >= 11 is 0. The summed E-state index contributed by atoms with van der Waals surface area (Å²) in [5, 5.41) is 0. The molecule has 124 valence electrons. The first-order valence-corrected chi connectivity index (χ1v) is 6.31. The van der Waals surface area contributed by atoms with Crippen LogP contribution in [0.5, 0.6) is 5.75 Å². The molecule has 1 aromatic heterocycles. The van der Waals surface area contributed by atoms with Crippen LogP contribution in [0.15, 0.2) is 35.4 Å². The van der Waals surface area contributed by atoms with E-state index in [9.17, 15) is 26.7 Å². The lowest BCUT2D eigenvalue weighted by Gasteiger charge is -2.15. The highest BCUT2D eigenvalue weighted by Crippen LogP contribution is 2.33. The zero-order valence-electron chi connectivity index (χ0n) is 11.8. The molecule has 0 aliphatic carbocycles. The Morgan fingerprint density at radius 2 is 1.87 bits per heavy atom. The molecule has 23 heavy (non-hydrogen) atoms. The van der Waals surface area contributed by atoms with E-state index >= 15 is 0 Å². The van der Waals surface area contributed by atoms with Crippen molar-refractivity contribution in [2.75, 3.05) is 7.11 Å². The van der Waals surface area contributed by atoms with E-state index in [-0.39, 0.29) is 6.54 Å². The number of benzene rings is 1. The maximum Gasteiger partial charge on any atom is 0.352 e. The summed E-state index contributed by atoms with van der Waals surface area (Å²) in [7, 11) is 1.46. The van der Waals surface area contributed by atoms with Crippen molar-refractivity contribution in [3.63, 3.8) is 0 Å². The van der Waals surface area contributed by atoms with Crippen LogP contribution in [0.25, 0.3) is 0 Å². The van der Waals surface area contributed by atoms with Gasteiger partial charge < -0.3 is 4.74 Å². The summed E-state index contributed by atoms with van der Waals surface area (Å²) in [6, 6.07) is 6.32. The van der Waals surface area contributed by atoms with Crippen LogP contribution in [-0.2, 0) is 12.5 Å². The maximum atomic E-state index is 13.7. The quantitative estimate of drug-likeness (QED) is 0.790. The fourth-order valence-corrected chi connectivity index (χ4v) is 1.84. The molecule has 0 aliphatic rings. The molecule has 0 N–H and O–H groups in total. The molecular formula is C14H11F5N2O2. The molecule has 9 heteroatoms. The van der Waals surface area contributed by atoms with Crippen LogP contribution >= 0.6 is 0 Å². The van der Waals surface area contributed by atoms with E-state index in [1.807, 2.05) is 0 Å². The van der Waals surface area contributed by atoms with Gasteiger partial charge in [0.1, 0.15) is 5.75 Å². The Bertz CT molecular complexity index is 744. The lowest BCUT2D eigenvalue weighted by Crippen LogP contribution is -2.33. The number of hydrogen-bond acceptors (Lipinski definition) is 3. The fraction of sp³-hybridized carbons (Fsp3) is 0.286. The van der Waals surface area contributed by atoms with Crippen LogP contribution in [0.2, 0.25) is 0 Å². The topological polar surface area (TPSA) is 44.1 Å². The van der Waals surface area contributed by atoms with Gasteiger partial charge in [-0.2, -0.15) is 13.2 Å². The van der Waals surface area contributed by atoms with E-state index in [2.05, 4.69) is 4.98 Å². The summed E-state index contributed by atoms with van der Waals surface area (Å²) in [6.45, 7) is -0.159. The molecule has 0 saturated heterocycles. The highest BCUT2D eigenvalue weighted by molar-refractivity contribution is 5.27. The summed E-state index contributed by atoms with van der Waals surface area (Å²) in [5.74, 6) is -6.27. The standard InChI is InChI=1S/C14H11F5N2O2/c1-23-9-4-2-8(3-5-9)6-21-7-20-11(10(15)12(21)22)14(18,19)13(16)17/h2-5,7,13H,6H2,1H3.